The van der Waals surface area contributed by atoms with Crippen LogP contribution in [0.25, 0.3) is 0 Å². The predicted molar refractivity (Wildman–Crippen MR) is 73.0 cm³/mol. The summed E-state index contributed by atoms with van der Waals surface area (Å²) in [6, 6.07) is 7.81. The summed E-state index contributed by atoms with van der Waals surface area (Å²) in [6.45, 7) is 6.40. The fourth-order valence-electron chi connectivity index (χ4n) is 1.84. The standard InChI is InChI=1S/C15H23NO/c1-11(2)4-9-15(17)10-12(3)13-5-7-14(16)8-6-13/h5-8,11-12H,4,9-10,16H2,1-3H3. The first-order valence-corrected chi connectivity index (χ1v) is 6.36. The van der Waals surface area contributed by atoms with Crippen LogP contribution in [0, 0.1) is 5.92 Å². The molecule has 0 aliphatic carbocycles. The van der Waals surface area contributed by atoms with Gasteiger partial charge in [0.1, 0.15) is 5.78 Å². The fourth-order valence-corrected chi connectivity index (χ4v) is 1.84. The predicted octanol–water partition coefficient (Wildman–Crippen LogP) is 3.77. The quantitative estimate of drug-likeness (QED) is 0.760. The van der Waals surface area contributed by atoms with Gasteiger partial charge in [0.2, 0.25) is 0 Å². The van der Waals surface area contributed by atoms with E-state index >= 15 is 0 Å². The molecule has 1 rings (SSSR count). The molecule has 0 aliphatic rings. The van der Waals surface area contributed by atoms with E-state index in [-0.39, 0.29) is 5.92 Å². The third-order valence-electron chi connectivity index (χ3n) is 3.04. The monoisotopic (exact) mass is 233 g/mol. The van der Waals surface area contributed by atoms with Crippen molar-refractivity contribution in [3.8, 4) is 0 Å². The van der Waals surface area contributed by atoms with E-state index in [0.29, 0.717) is 24.5 Å². The molecule has 94 valence electrons. The Labute approximate surface area is 104 Å². The molecule has 0 radical (unpaired) electrons. The number of ketones is 1. The third-order valence-corrected chi connectivity index (χ3v) is 3.04. The van der Waals surface area contributed by atoms with Crippen LogP contribution in [0.4, 0.5) is 5.69 Å². The van der Waals surface area contributed by atoms with Gasteiger partial charge in [0, 0.05) is 18.5 Å². The maximum absolute atomic E-state index is 11.8. The van der Waals surface area contributed by atoms with Crippen LogP contribution in [0.3, 0.4) is 0 Å². The normalized spacial score (nSPS) is 12.7. The lowest BCUT2D eigenvalue weighted by Gasteiger charge is -2.12. The van der Waals surface area contributed by atoms with E-state index in [1.807, 2.05) is 24.3 Å². The SMILES string of the molecule is CC(C)CCC(=O)CC(C)c1ccc(N)cc1. The summed E-state index contributed by atoms with van der Waals surface area (Å²) in [6.07, 6.45) is 2.33. The zero-order valence-corrected chi connectivity index (χ0v) is 11.1. The van der Waals surface area contributed by atoms with Gasteiger partial charge in [-0.15, -0.1) is 0 Å². The molecule has 1 aromatic rings. The Balaban J connectivity index is 2.46. The van der Waals surface area contributed by atoms with Crippen LogP contribution in [0.2, 0.25) is 0 Å². The Morgan fingerprint density at radius 3 is 2.29 bits per heavy atom. The number of Topliss-reactive ketones (excluding diaryl/α,β-unsaturated/α-hetero) is 1. The van der Waals surface area contributed by atoms with Gasteiger partial charge >= 0.3 is 0 Å². The van der Waals surface area contributed by atoms with Crippen LogP contribution in [-0.2, 0) is 4.79 Å². The molecule has 0 saturated carbocycles. The minimum absolute atomic E-state index is 0.287. The van der Waals surface area contributed by atoms with Crippen LogP contribution >= 0.6 is 0 Å². The number of anilines is 1. The van der Waals surface area contributed by atoms with Crippen LogP contribution in [0.1, 0.15) is 51.5 Å². The molecule has 17 heavy (non-hydrogen) atoms. The van der Waals surface area contributed by atoms with Gasteiger partial charge < -0.3 is 5.73 Å². The molecule has 2 N–H and O–H groups in total. The fraction of sp³-hybridized carbons (Fsp3) is 0.533. The minimum Gasteiger partial charge on any atom is -0.399 e. The number of carbonyl (C=O) groups is 1. The van der Waals surface area contributed by atoms with Crippen LogP contribution in [0.15, 0.2) is 24.3 Å². The van der Waals surface area contributed by atoms with Crippen LogP contribution in [0.5, 0.6) is 0 Å². The highest BCUT2D eigenvalue weighted by atomic mass is 16.1. The van der Waals surface area contributed by atoms with Gasteiger partial charge in [0.25, 0.3) is 0 Å². The van der Waals surface area contributed by atoms with Gasteiger partial charge in [-0.1, -0.05) is 32.9 Å². The summed E-state index contributed by atoms with van der Waals surface area (Å²) < 4.78 is 0. The molecule has 0 saturated heterocycles. The Morgan fingerprint density at radius 1 is 1.18 bits per heavy atom. The zero-order chi connectivity index (χ0) is 12.8. The highest BCUT2D eigenvalue weighted by Gasteiger charge is 2.11. The van der Waals surface area contributed by atoms with E-state index in [2.05, 4.69) is 20.8 Å². The number of rotatable bonds is 6. The highest BCUT2D eigenvalue weighted by Crippen LogP contribution is 2.21. The number of nitrogen functional groups attached to an aromatic ring is 1. The van der Waals surface area contributed by atoms with Crippen molar-refractivity contribution in [1.82, 2.24) is 0 Å². The van der Waals surface area contributed by atoms with Crippen molar-refractivity contribution in [3.63, 3.8) is 0 Å². The molecule has 0 bridgehead atoms. The molecule has 0 spiro atoms. The summed E-state index contributed by atoms with van der Waals surface area (Å²) in [4.78, 5) is 11.8. The van der Waals surface area contributed by atoms with Gasteiger partial charge in [-0.05, 0) is 36.0 Å². The van der Waals surface area contributed by atoms with Crippen molar-refractivity contribution in [2.45, 2.75) is 46.0 Å². The van der Waals surface area contributed by atoms with Crippen molar-refractivity contribution in [1.29, 1.82) is 0 Å². The van der Waals surface area contributed by atoms with Crippen LogP contribution in [-0.4, -0.2) is 5.78 Å². The number of hydrogen-bond donors (Lipinski definition) is 1. The Kier molecular flexibility index (Phi) is 5.20. The Morgan fingerprint density at radius 2 is 1.76 bits per heavy atom. The molecule has 1 atom stereocenters. The Bertz CT molecular complexity index is 354. The molecule has 2 nitrogen and oxygen atoms in total. The first-order valence-electron chi connectivity index (χ1n) is 6.36. The number of benzene rings is 1. The summed E-state index contributed by atoms with van der Waals surface area (Å²) in [5, 5.41) is 0. The highest BCUT2D eigenvalue weighted by molar-refractivity contribution is 5.79. The van der Waals surface area contributed by atoms with Gasteiger partial charge in [-0.2, -0.15) is 0 Å². The largest absolute Gasteiger partial charge is 0.399 e. The lowest BCUT2D eigenvalue weighted by atomic mass is 9.93. The number of hydrogen-bond acceptors (Lipinski definition) is 2. The average molecular weight is 233 g/mol. The minimum atomic E-state index is 0.287. The first kappa shape index (κ1) is 13.8. The summed E-state index contributed by atoms with van der Waals surface area (Å²) in [5.74, 6) is 1.25. The summed E-state index contributed by atoms with van der Waals surface area (Å²) >= 11 is 0. The second-order valence-electron chi connectivity index (χ2n) is 5.24. The maximum Gasteiger partial charge on any atom is 0.133 e. The van der Waals surface area contributed by atoms with E-state index in [4.69, 9.17) is 5.73 Å². The Hall–Kier alpha value is -1.31. The first-order chi connectivity index (χ1) is 7.99. The molecule has 1 unspecified atom stereocenters. The van der Waals surface area contributed by atoms with E-state index in [9.17, 15) is 4.79 Å². The second kappa shape index (κ2) is 6.43. The lowest BCUT2D eigenvalue weighted by Crippen LogP contribution is -2.05. The van der Waals surface area contributed by atoms with Gasteiger partial charge in [0.15, 0.2) is 0 Å². The number of carbonyl (C=O) groups excluding carboxylic acids is 1. The van der Waals surface area contributed by atoms with E-state index in [1.54, 1.807) is 0 Å². The van der Waals surface area contributed by atoms with E-state index in [0.717, 1.165) is 12.1 Å². The van der Waals surface area contributed by atoms with Crippen LogP contribution < -0.4 is 5.73 Å². The maximum atomic E-state index is 11.8. The number of nitrogens with two attached hydrogens (primary N) is 1. The van der Waals surface area contributed by atoms with Gasteiger partial charge in [0.05, 0.1) is 0 Å². The molecular formula is C15H23NO. The summed E-state index contributed by atoms with van der Waals surface area (Å²) in [7, 11) is 0. The van der Waals surface area contributed by atoms with Gasteiger partial charge in [-0.3, -0.25) is 4.79 Å². The molecule has 0 amide bonds. The topological polar surface area (TPSA) is 43.1 Å². The summed E-state index contributed by atoms with van der Waals surface area (Å²) in [5.41, 5.74) is 7.60. The molecule has 0 heterocycles. The second-order valence-corrected chi connectivity index (χ2v) is 5.24. The van der Waals surface area contributed by atoms with Crippen molar-refractivity contribution >= 4 is 11.5 Å². The van der Waals surface area contributed by atoms with Crippen molar-refractivity contribution in [2.75, 3.05) is 5.73 Å². The van der Waals surface area contributed by atoms with Gasteiger partial charge in [-0.25, -0.2) is 0 Å². The molecule has 2 heteroatoms. The molecule has 1 aromatic carbocycles. The smallest absolute Gasteiger partial charge is 0.133 e. The molecular weight excluding hydrogens is 210 g/mol. The van der Waals surface area contributed by atoms with E-state index in [1.165, 1.54) is 5.56 Å². The van der Waals surface area contributed by atoms with Crippen molar-refractivity contribution < 1.29 is 4.79 Å². The molecule has 0 aromatic heterocycles. The third kappa shape index (κ3) is 5.03. The molecule has 0 aliphatic heterocycles. The molecule has 0 fully saturated rings. The average Bonchev–Trinajstić information content (AvgIpc) is 2.27. The van der Waals surface area contributed by atoms with Crippen molar-refractivity contribution in [2.24, 2.45) is 5.92 Å². The lowest BCUT2D eigenvalue weighted by molar-refractivity contribution is -0.119. The van der Waals surface area contributed by atoms with Crippen molar-refractivity contribution in [3.05, 3.63) is 29.8 Å². The zero-order valence-electron chi connectivity index (χ0n) is 11.1. The van der Waals surface area contributed by atoms with E-state index < -0.39 is 0 Å².